The van der Waals surface area contributed by atoms with Crippen LogP contribution in [0.2, 0.25) is 25.7 Å². The summed E-state index contributed by atoms with van der Waals surface area (Å²) >= 11 is 0. The summed E-state index contributed by atoms with van der Waals surface area (Å²) in [5.74, 6) is -1.32. The summed E-state index contributed by atoms with van der Waals surface area (Å²) in [6, 6.07) is 19.9. The molecular weight excluding hydrogens is 600 g/mol. The summed E-state index contributed by atoms with van der Waals surface area (Å²) in [4.78, 5) is 17.7. The van der Waals surface area contributed by atoms with Gasteiger partial charge in [0.2, 0.25) is 0 Å². The normalized spacial score (nSPS) is 11.9. The maximum absolute atomic E-state index is 14.3. The number of aromatic nitrogens is 3. The van der Waals surface area contributed by atoms with Gasteiger partial charge in [0.25, 0.3) is 10.0 Å². The highest BCUT2D eigenvalue weighted by Gasteiger charge is 2.27. The van der Waals surface area contributed by atoms with E-state index in [1.165, 1.54) is 49.8 Å². The molecular formula is C32H31FN4O5SSi. The fourth-order valence-electron chi connectivity index (χ4n) is 4.91. The van der Waals surface area contributed by atoms with Crippen LogP contribution in [0, 0.1) is 17.1 Å². The van der Waals surface area contributed by atoms with Gasteiger partial charge in [-0.3, -0.25) is 0 Å². The minimum Gasteiger partial charge on any atom is -0.465 e. The Labute approximate surface area is 256 Å². The third-order valence-electron chi connectivity index (χ3n) is 7.21. The van der Waals surface area contributed by atoms with E-state index in [0.29, 0.717) is 34.5 Å². The summed E-state index contributed by atoms with van der Waals surface area (Å²) in [6.07, 6.45) is 2.95. The Morgan fingerprint density at radius 1 is 1.07 bits per heavy atom. The SMILES string of the molecule is COC(=O)c1cc(-c2ccnc3c2ccn3S(=O)(=O)c2ccccc2)n(COCC[Si](C)(C)C)c1-c1ccc(F)c(C#N)c1. The number of methoxy groups -OCH3 is 1. The number of nitriles is 1. The summed E-state index contributed by atoms with van der Waals surface area (Å²) in [5.41, 5.74) is 2.10. The molecule has 0 aliphatic rings. The lowest BCUT2D eigenvalue weighted by atomic mass is 10.0. The van der Waals surface area contributed by atoms with Crippen molar-refractivity contribution in [2.45, 2.75) is 37.3 Å². The topological polar surface area (TPSA) is 116 Å². The van der Waals surface area contributed by atoms with Gasteiger partial charge in [0.05, 0.1) is 34.5 Å². The van der Waals surface area contributed by atoms with Crippen molar-refractivity contribution >= 4 is 35.1 Å². The molecule has 0 amide bonds. The first kappa shape index (κ1) is 30.9. The highest BCUT2D eigenvalue weighted by molar-refractivity contribution is 7.90. The first-order valence-corrected chi connectivity index (χ1v) is 19.0. The van der Waals surface area contributed by atoms with Crippen molar-refractivity contribution in [1.29, 1.82) is 5.26 Å². The van der Waals surface area contributed by atoms with Gasteiger partial charge in [0.15, 0.2) is 5.65 Å². The van der Waals surface area contributed by atoms with E-state index in [0.717, 1.165) is 10.0 Å². The number of nitrogens with zero attached hydrogens (tertiary/aromatic N) is 4. The number of fused-ring (bicyclic) bond motifs is 1. The molecule has 0 spiro atoms. The predicted octanol–water partition coefficient (Wildman–Crippen LogP) is 6.52. The largest absolute Gasteiger partial charge is 0.465 e. The molecule has 226 valence electrons. The van der Waals surface area contributed by atoms with Gasteiger partial charge in [-0.2, -0.15) is 5.26 Å². The van der Waals surface area contributed by atoms with Gasteiger partial charge in [-0.15, -0.1) is 0 Å². The number of pyridine rings is 1. The quantitative estimate of drug-likeness (QED) is 0.0980. The Bertz CT molecular complexity index is 2010. The highest BCUT2D eigenvalue weighted by atomic mass is 32.2. The Hall–Kier alpha value is -4.57. The van der Waals surface area contributed by atoms with E-state index in [-0.39, 0.29) is 28.4 Å². The van der Waals surface area contributed by atoms with Crippen molar-refractivity contribution in [3.8, 4) is 28.6 Å². The molecule has 9 nitrogen and oxygen atoms in total. The second-order valence-electron chi connectivity index (χ2n) is 11.4. The zero-order chi connectivity index (χ0) is 31.6. The van der Waals surface area contributed by atoms with Gasteiger partial charge in [-0.05, 0) is 54.6 Å². The summed E-state index contributed by atoms with van der Waals surface area (Å²) < 4.78 is 55.5. The zero-order valence-electron chi connectivity index (χ0n) is 24.7. The molecule has 2 aromatic carbocycles. The average Bonchev–Trinajstić information content (AvgIpc) is 3.62. The van der Waals surface area contributed by atoms with Gasteiger partial charge in [0, 0.05) is 43.6 Å². The summed E-state index contributed by atoms with van der Waals surface area (Å²) in [7, 11) is -4.11. The van der Waals surface area contributed by atoms with Gasteiger partial charge in [-0.1, -0.05) is 37.8 Å². The Morgan fingerprint density at radius 2 is 1.82 bits per heavy atom. The molecule has 0 fully saturated rings. The van der Waals surface area contributed by atoms with Crippen molar-refractivity contribution in [2.75, 3.05) is 13.7 Å². The van der Waals surface area contributed by atoms with Crippen LogP contribution in [-0.4, -0.2) is 49.7 Å². The second kappa shape index (κ2) is 12.2. The number of ether oxygens (including phenoxy) is 2. The smallest absolute Gasteiger partial charge is 0.340 e. The van der Waals surface area contributed by atoms with Crippen LogP contribution in [0.15, 0.2) is 84.0 Å². The van der Waals surface area contributed by atoms with E-state index in [2.05, 4.69) is 24.6 Å². The standard InChI is InChI=1S/C32H31FN4O5SSi/c1-41-32(38)27-19-29(25-12-14-35-31-26(25)13-15-37(31)43(39,40)24-8-6-5-7-9-24)36(21-42-16-17-44(2,3)4)30(27)22-10-11-28(33)23(18-22)20-34/h5-15,18-19H,16-17,21H2,1-4H3. The Kier molecular flexibility index (Phi) is 8.56. The third-order valence-corrected chi connectivity index (χ3v) is 10.6. The van der Waals surface area contributed by atoms with Gasteiger partial charge in [-0.25, -0.2) is 26.6 Å². The molecule has 0 radical (unpaired) electrons. The molecule has 44 heavy (non-hydrogen) atoms. The van der Waals surface area contributed by atoms with Crippen molar-refractivity contribution in [2.24, 2.45) is 0 Å². The molecule has 12 heteroatoms. The number of carbonyl (C=O) groups excluding carboxylic acids is 1. The molecule has 0 unspecified atom stereocenters. The van der Waals surface area contributed by atoms with E-state index >= 15 is 0 Å². The van der Waals surface area contributed by atoms with Gasteiger partial charge < -0.3 is 14.0 Å². The molecule has 0 aliphatic heterocycles. The van der Waals surface area contributed by atoms with Gasteiger partial charge >= 0.3 is 5.97 Å². The van der Waals surface area contributed by atoms with Crippen LogP contribution in [0.1, 0.15) is 15.9 Å². The van der Waals surface area contributed by atoms with Crippen LogP contribution in [0.3, 0.4) is 0 Å². The minimum atomic E-state index is -3.95. The highest BCUT2D eigenvalue weighted by Crippen LogP contribution is 2.38. The van der Waals surface area contributed by atoms with Crippen molar-refractivity contribution in [3.63, 3.8) is 0 Å². The Balaban J connectivity index is 1.73. The number of benzene rings is 2. The molecule has 3 heterocycles. The maximum Gasteiger partial charge on any atom is 0.340 e. The molecule has 0 saturated heterocycles. The van der Waals surface area contributed by atoms with Crippen molar-refractivity contribution < 1.29 is 27.1 Å². The summed E-state index contributed by atoms with van der Waals surface area (Å²) in [5, 5.41) is 10.0. The van der Waals surface area contributed by atoms with E-state index in [4.69, 9.17) is 9.47 Å². The van der Waals surface area contributed by atoms with Crippen molar-refractivity contribution in [1.82, 2.24) is 13.5 Å². The Morgan fingerprint density at radius 3 is 2.50 bits per heavy atom. The maximum atomic E-state index is 14.3. The lowest BCUT2D eigenvalue weighted by Gasteiger charge is -2.18. The molecule has 0 bridgehead atoms. The second-order valence-corrected chi connectivity index (χ2v) is 18.8. The number of halogens is 1. The number of hydrogen-bond acceptors (Lipinski definition) is 7. The molecule has 0 N–H and O–H groups in total. The molecule has 5 rings (SSSR count). The number of rotatable bonds is 10. The van der Waals surface area contributed by atoms with E-state index in [1.807, 2.05) is 6.07 Å². The number of esters is 1. The monoisotopic (exact) mass is 630 g/mol. The zero-order valence-corrected chi connectivity index (χ0v) is 26.6. The number of carbonyl (C=O) groups is 1. The first-order valence-electron chi connectivity index (χ1n) is 13.8. The van der Waals surface area contributed by atoms with Gasteiger partial charge in [0.1, 0.15) is 18.6 Å². The van der Waals surface area contributed by atoms with Crippen LogP contribution in [-0.2, 0) is 26.2 Å². The fraction of sp³-hybridized carbons (Fsp3) is 0.219. The first-order chi connectivity index (χ1) is 21.0. The molecule has 0 atom stereocenters. The van der Waals surface area contributed by atoms with Crippen LogP contribution < -0.4 is 0 Å². The minimum absolute atomic E-state index is 0.0260. The van der Waals surface area contributed by atoms with E-state index in [1.54, 1.807) is 41.0 Å². The lowest BCUT2D eigenvalue weighted by molar-refractivity contribution is 0.0600. The summed E-state index contributed by atoms with van der Waals surface area (Å²) in [6.45, 7) is 7.22. The van der Waals surface area contributed by atoms with E-state index in [9.17, 15) is 22.9 Å². The van der Waals surface area contributed by atoms with Crippen LogP contribution >= 0.6 is 0 Å². The van der Waals surface area contributed by atoms with Crippen LogP contribution in [0.4, 0.5) is 4.39 Å². The molecule has 5 aromatic rings. The van der Waals surface area contributed by atoms with Crippen LogP contribution in [0.25, 0.3) is 33.5 Å². The predicted molar refractivity (Wildman–Crippen MR) is 168 cm³/mol. The third kappa shape index (κ3) is 5.94. The molecule has 0 aliphatic carbocycles. The van der Waals surface area contributed by atoms with E-state index < -0.39 is 29.9 Å². The number of hydrogen-bond donors (Lipinski definition) is 0. The average molecular weight is 631 g/mol. The van der Waals surface area contributed by atoms with Crippen molar-refractivity contribution in [3.05, 3.63) is 96.1 Å². The van der Waals surface area contributed by atoms with Crippen LogP contribution in [0.5, 0.6) is 0 Å². The lowest BCUT2D eigenvalue weighted by Crippen LogP contribution is -2.22. The molecule has 3 aromatic heterocycles. The molecule has 0 saturated carbocycles. The fourth-order valence-corrected chi connectivity index (χ4v) is 6.99.